The first-order valence-corrected chi connectivity index (χ1v) is 9.91. The molecule has 2 aromatic heterocycles. The Balaban J connectivity index is 1.80. The Hall–Kier alpha value is -3.51. The van der Waals surface area contributed by atoms with Crippen molar-refractivity contribution >= 4 is 16.9 Å². The van der Waals surface area contributed by atoms with Gasteiger partial charge in [0.2, 0.25) is 0 Å². The standard InChI is InChI=1S/C24H24N4O2/c1-17(16-30-2)26-24(29)20-13-22(19-11-7-4-8-12-19)27-23-21(20)14-25-28(23)15-18-9-5-3-6-10-18/h3-14,17H,15-16H2,1-2H3,(H,26,29). The largest absolute Gasteiger partial charge is 0.383 e. The Kier molecular flexibility index (Phi) is 5.86. The van der Waals surface area contributed by atoms with Gasteiger partial charge >= 0.3 is 0 Å². The first-order chi connectivity index (χ1) is 14.7. The van der Waals surface area contributed by atoms with E-state index >= 15 is 0 Å². The van der Waals surface area contributed by atoms with Gasteiger partial charge in [-0.15, -0.1) is 0 Å². The lowest BCUT2D eigenvalue weighted by Gasteiger charge is -2.14. The lowest BCUT2D eigenvalue weighted by Crippen LogP contribution is -2.35. The SMILES string of the molecule is COCC(C)NC(=O)c1cc(-c2ccccc2)nc2c1cnn2Cc1ccccc1. The van der Waals surface area contributed by atoms with Gasteiger partial charge in [-0.25, -0.2) is 9.67 Å². The van der Waals surface area contributed by atoms with Gasteiger partial charge in [-0.3, -0.25) is 4.79 Å². The van der Waals surface area contributed by atoms with E-state index in [1.165, 1.54) is 0 Å². The Labute approximate surface area is 175 Å². The molecule has 0 fully saturated rings. The van der Waals surface area contributed by atoms with Crippen molar-refractivity contribution in [3.8, 4) is 11.3 Å². The Morgan fingerprint density at radius 2 is 1.80 bits per heavy atom. The van der Waals surface area contributed by atoms with Crippen LogP contribution in [0.15, 0.2) is 72.9 Å². The maximum absolute atomic E-state index is 13.1. The quantitative estimate of drug-likeness (QED) is 0.511. The van der Waals surface area contributed by atoms with E-state index in [2.05, 4.69) is 22.5 Å². The van der Waals surface area contributed by atoms with Crippen molar-refractivity contribution in [3.63, 3.8) is 0 Å². The number of hydrogen-bond donors (Lipinski definition) is 1. The fourth-order valence-corrected chi connectivity index (χ4v) is 3.46. The number of rotatable bonds is 7. The second kappa shape index (κ2) is 8.88. The average molecular weight is 400 g/mol. The minimum atomic E-state index is -0.164. The Morgan fingerprint density at radius 1 is 1.10 bits per heavy atom. The number of carbonyl (C=O) groups is 1. The zero-order chi connectivity index (χ0) is 20.9. The fourth-order valence-electron chi connectivity index (χ4n) is 3.46. The van der Waals surface area contributed by atoms with E-state index in [9.17, 15) is 4.79 Å². The van der Waals surface area contributed by atoms with Gasteiger partial charge in [-0.1, -0.05) is 60.7 Å². The molecule has 0 radical (unpaired) electrons. The first-order valence-electron chi connectivity index (χ1n) is 9.91. The van der Waals surface area contributed by atoms with Gasteiger partial charge in [-0.05, 0) is 18.6 Å². The molecule has 30 heavy (non-hydrogen) atoms. The molecule has 0 aliphatic heterocycles. The zero-order valence-corrected chi connectivity index (χ0v) is 17.1. The van der Waals surface area contributed by atoms with E-state index in [1.807, 2.05) is 66.2 Å². The lowest BCUT2D eigenvalue weighted by atomic mass is 10.1. The summed E-state index contributed by atoms with van der Waals surface area (Å²) >= 11 is 0. The third-order valence-electron chi connectivity index (χ3n) is 4.89. The molecule has 0 bridgehead atoms. The number of methoxy groups -OCH3 is 1. The van der Waals surface area contributed by atoms with Crippen LogP contribution in [-0.4, -0.2) is 40.4 Å². The Bertz CT molecular complexity index is 1140. The summed E-state index contributed by atoms with van der Waals surface area (Å²) in [6, 6.07) is 21.7. The van der Waals surface area contributed by atoms with Crippen LogP contribution < -0.4 is 5.32 Å². The second-order valence-electron chi connectivity index (χ2n) is 7.28. The fraction of sp³-hybridized carbons (Fsp3) is 0.208. The summed E-state index contributed by atoms with van der Waals surface area (Å²) in [5.74, 6) is -0.164. The number of pyridine rings is 1. The summed E-state index contributed by atoms with van der Waals surface area (Å²) < 4.78 is 6.99. The summed E-state index contributed by atoms with van der Waals surface area (Å²) in [6.45, 7) is 2.94. The first kappa shape index (κ1) is 19.8. The van der Waals surface area contributed by atoms with E-state index in [-0.39, 0.29) is 11.9 Å². The summed E-state index contributed by atoms with van der Waals surface area (Å²) in [6.07, 6.45) is 1.72. The number of ether oxygens (including phenoxy) is 1. The molecule has 0 aliphatic carbocycles. The van der Waals surface area contributed by atoms with Gasteiger partial charge in [0.25, 0.3) is 5.91 Å². The van der Waals surface area contributed by atoms with Crippen molar-refractivity contribution in [3.05, 3.63) is 84.1 Å². The maximum atomic E-state index is 13.1. The molecule has 6 heteroatoms. The number of nitrogens with one attached hydrogen (secondary N) is 1. The van der Waals surface area contributed by atoms with Crippen LogP contribution in [0.1, 0.15) is 22.8 Å². The number of amides is 1. The number of carbonyl (C=O) groups excluding carboxylic acids is 1. The molecular weight excluding hydrogens is 376 g/mol. The molecule has 2 heterocycles. The molecule has 4 rings (SSSR count). The average Bonchev–Trinajstić information content (AvgIpc) is 3.17. The van der Waals surface area contributed by atoms with Gasteiger partial charge in [0.05, 0.1) is 36.0 Å². The molecule has 0 spiro atoms. The number of aromatic nitrogens is 3. The molecule has 1 amide bonds. The highest BCUT2D eigenvalue weighted by molar-refractivity contribution is 6.06. The van der Waals surface area contributed by atoms with E-state index < -0.39 is 0 Å². The summed E-state index contributed by atoms with van der Waals surface area (Å²) in [7, 11) is 1.62. The summed E-state index contributed by atoms with van der Waals surface area (Å²) in [5, 5.41) is 8.26. The molecule has 0 saturated carbocycles. The number of benzene rings is 2. The van der Waals surface area contributed by atoms with Crippen molar-refractivity contribution in [2.24, 2.45) is 0 Å². The molecule has 1 unspecified atom stereocenters. The zero-order valence-electron chi connectivity index (χ0n) is 17.1. The predicted molar refractivity (Wildman–Crippen MR) is 117 cm³/mol. The molecule has 1 N–H and O–H groups in total. The predicted octanol–water partition coefficient (Wildman–Crippen LogP) is 3.91. The van der Waals surface area contributed by atoms with Crippen LogP contribution in [0, 0.1) is 0 Å². The number of fused-ring (bicyclic) bond motifs is 1. The minimum Gasteiger partial charge on any atom is -0.383 e. The number of nitrogens with zero attached hydrogens (tertiary/aromatic N) is 3. The van der Waals surface area contributed by atoms with Crippen LogP contribution in [0.4, 0.5) is 0 Å². The van der Waals surface area contributed by atoms with Crippen molar-refractivity contribution in [1.82, 2.24) is 20.1 Å². The van der Waals surface area contributed by atoms with Gasteiger partial charge < -0.3 is 10.1 Å². The van der Waals surface area contributed by atoms with Crippen LogP contribution in [0.5, 0.6) is 0 Å². The smallest absolute Gasteiger partial charge is 0.252 e. The topological polar surface area (TPSA) is 69.0 Å². The van der Waals surface area contributed by atoms with E-state index in [4.69, 9.17) is 9.72 Å². The molecule has 1 atom stereocenters. The summed E-state index contributed by atoms with van der Waals surface area (Å²) in [5.41, 5.74) is 4.05. The molecule has 2 aromatic carbocycles. The highest BCUT2D eigenvalue weighted by atomic mass is 16.5. The third kappa shape index (κ3) is 4.23. The molecular formula is C24H24N4O2. The minimum absolute atomic E-state index is 0.106. The molecule has 0 saturated heterocycles. The Morgan fingerprint density at radius 3 is 2.50 bits per heavy atom. The molecule has 0 aliphatic rings. The van der Waals surface area contributed by atoms with Crippen LogP contribution in [-0.2, 0) is 11.3 Å². The van der Waals surface area contributed by atoms with Crippen LogP contribution >= 0.6 is 0 Å². The van der Waals surface area contributed by atoms with E-state index in [0.717, 1.165) is 22.2 Å². The van der Waals surface area contributed by atoms with E-state index in [1.54, 1.807) is 13.3 Å². The van der Waals surface area contributed by atoms with Gasteiger partial charge in [0, 0.05) is 18.7 Å². The molecule has 4 aromatic rings. The molecule has 6 nitrogen and oxygen atoms in total. The second-order valence-corrected chi connectivity index (χ2v) is 7.28. The van der Waals surface area contributed by atoms with Gasteiger partial charge in [0.15, 0.2) is 5.65 Å². The number of hydrogen-bond acceptors (Lipinski definition) is 4. The highest BCUT2D eigenvalue weighted by Crippen LogP contribution is 2.25. The monoisotopic (exact) mass is 400 g/mol. The van der Waals surface area contributed by atoms with Gasteiger partial charge in [-0.2, -0.15) is 5.10 Å². The normalized spacial score (nSPS) is 12.1. The molecule has 152 valence electrons. The lowest BCUT2D eigenvalue weighted by molar-refractivity contribution is 0.0907. The summed E-state index contributed by atoms with van der Waals surface area (Å²) in [4.78, 5) is 17.9. The highest BCUT2D eigenvalue weighted by Gasteiger charge is 2.19. The van der Waals surface area contributed by atoms with Gasteiger partial charge in [0.1, 0.15) is 0 Å². The van der Waals surface area contributed by atoms with Crippen molar-refractivity contribution in [2.45, 2.75) is 19.5 Å². The maximum Gasteiger partial charge on any atom is 0.252 e. The van der Waals surface area contributed by atoms with E-state index in [0.29, 0.717) is 24.4 Å². The van der Waals surface area contributed by atoms with Crippen LogP contribution in [0.25, 0.3) is 22.3 Å². The third-order valence-corrected chi connectivity index (χ3v) is 4.89. The van der Waals surface area contributed by atoms with Crippen molar-refractivity contribution < 1.29 is 9.53 Å². The van der Waals surface area contributed by atoms with Crippen molar-refractivity contribution in [1.29, 1.82) is 0 Å². The van der Waals surface area contributed by atoms with Crippen LogP contribution in [0.3, 0.4) is 0 Å². The van der Waals surface area contributed by atoms with Crippen LogP contribution in [0.2, 0.25) is 0 Å². The van der Waals surface area contributed by atoms with Crippen molar-refractivity contribution in [2.75, 3.05) is 13.7 Å².